The van der Waals surface area contributed by atoms with E-state index in [-0.39, 0.29) is 17.6 Å². The Kier molecular flexibility index (Phi) is 4.15. The van der Waals surface area contributed by atoms with E-state index >= 15 is 0 Å². The van der Waals surface area contributed by atoms with Crippen molar-refractivity contribution in [2.45, 2.75) is 12.8 Å². The number of benzene rings is 1. The fraction of sp³-hybridized carbons (Fsp3) is 0.286. The molecule has 0 bridgehead atoms. The highest BCUT2D eigenvalue weighted by atomic mass is 35.5. The van der Waals surface area contributed by atoms with Crippen LogP contribution in [0.1, 0.15) is 27.9 Å². The molecule has 1 amide bonds. The molecule has 1 heterocycles. The third-order valence-electron chi connectivity index (χ3n) is 2.88. The summed E-state index contributed by atoms with van der Waals surface area (Å²) in [5, 5.41) is 2.85. The van der Waals surface area contributed by atoms with Crippen molar-refractivity contribution in [3.8, 4) is 0 Å². The molecular formula is C14H14ClNO2. The predicted octanol–water partition coefficient (Wildman–Crippen LogP) is 2.18. The highest BCUT2D eigenvalue weighted by molar-refractivity contribution is 6.29. The molecule has 18 heavy (non-hydrogen) atoms. The van der Waals surface area contributed by atoms with Crippen LogP contribution in [0, 0.1) is 0 Å². The van der Waals surface area contributed by atoms with E-state index in [2.05, 4.69) is 5.32 Å². The number of carbonyl (C=O) groups excluding carboxylic acids is 2. The van der Waals surface area contributed by atoms with E-state index in [1.165, 1.54) is 6.08 Å². The second-order valence-corrected chi connectivity index (χ2v) is 4.48. The summed E-state index contributed by atoms with van der Waals surface area (Å²) in [4.78, 5) is 22.9. The Labute approximate surface area is 111 Å². The van der Waals surface area contributed by atoms with Gasteiger partial charge in [0.2, 0.25) is 0 Å². The Hall–Kier alpha value is -1.61. The van der Waals surface area contributed by atoms with Gasteiger partial charge in [0, 0.05) is 12.1 Å². The summed E-state index contributed by atoms with van der Waals surface area (Å²) < 4.78 is 0. The summed E-state index contributed by atoms with van der Waals surface area (Å²) in [6.07, 6.45) is 4.98. The minimum atomic E-state index is -0.143. The number of halogens is 1. The van der Waals surface area contributed by atoms with Crippen molar-refractivity contribution in [2.75, 3.05) is 12.4 Å². The first-order valence-electron chi connectivity index (χ1n) is 5.88. The van der Waals surface area contributed by atoms with Gasteiger partial charge in [0.25, 0.3) is 5.91 Å². The zero-order valence-corrected chi connectivity index (χ0v) is 10.7. The number of alkyl halides is 1. The highest BCUT2D eigenvalue weighted by Gasteiger charge is 2.14. The Morgan fingerprint density at radius 1 is 1.44 bits per heavy atom. The quantitative estimate of drug-likeness (QED) is 0.671. The molecule has 0 aliphatic carbocycles. The van der Waals surface area contributed by atoms with Crippen LogP contribution in [-0.2, 0) is 11.2 Å². The molecule has 0 unspecified atom stereocenters. The number of ketones is 1. The molecule has 0 aromatic heterocycles. The standard InChI is InChI=1S/C14H14ClNO2/c15-9-12(17)6-4-10-3-5-11-2-1-7-16-14(18)13(11)8-10/h3-6,8H,1-2,7,9H2,(H,16,18)/b6-4+. The summed E-state index contributed by atoms with van der Waals surface area (Å²) >= 11 is 5.41. The lowest BCUT2D eigenvalue weighted by atomic mass is 10.0. The fourth-order valence-corrected chi connectivity index (χ4v) is 2.03. The lowest BCUT2D eigenvalue weighted by molar-refractivity contribution is -0.112. The van der Waals surface area contributed by atoms with Crippen LogP contribution in [-0.4, -0.2) is 24.1 Å². The third kappa shape index (κ3) is 2.99. The van der Waals surface area contributed by atoms with Crippen LogP contribution in [0.2, 0.25) is 0 Å². The summed E-state index contributed by atoms with van der Waals surface area (Å²) in [5.74, 6) is -0.209. The van der Waals surface area contributed by atoms with Gasteiger partial charge in [0.1, 0.15) is 0 Å². The molecule has 1 aromatic rings. The van der Waals surface area contributed by atoms with Gasteiger partial charge in [-0.25, -0.2) is 0 Å². The van der Waals surface area contributed by atoms with Gasteiger partial charge in [-0.05, 0) is 36.1 Å². The van der Waals surface area contributed by atoms with Crippen LogP contribution in [0.4, 0.5) is 0 Å². The van der Waals surface area contributed by atoms with Crippen LogP contribution >= 0.6 is 11.6 Å². The van der Waals surface area contributed by atoms with Crippen molar-refractivity contribution in [3.63, 3.8) is 0 Å². The summed E-state index contributed by atoms with van der Waals surface area (Å²) in [6, 6.07) is 5.68. The van der Waals surface area contributed by atoms with Crippen molar-refractivity contribution in [1.29, 1.82) is 0 Å². The molecule has 0 saturated heterocycles. The Balaban J connectivity index is 2.28. The number of aryl methyl sites for hydroxylation is 1. The van der Waals surface area contributed by atoms with Gasteiger partial charge in [-0.2, -0.15) is 0 Å². The van der Waals surface area contributed by atoms with E-state index in [9.17, 15) is 9.59 Å². The average molecular weight is 264 g/mol. The second kappa shape index (κ2) is 5.83. The molecule has 0 radical (unpaired) electrons. The molecule has 1 aliphatic rings. The average Bonchev–Trinajstić information content (AvgIpc) is 2.58. The van der Waals surface area contributed by atoms with Crippen LogP contribution in [0.15, 0.2) is 24.3 Å². The smallest absolute Gasteiger partial charge is 0.251 e. The molecule has 4 heteroatoms. The molecule has 0 fully saturated rings. The maximum Gasteiger partial charge on any atom is 0.251 e. The first-order valence-corrected chi connectivity index (χ1v) is 6.42. The minimum Gasteiger partial charge on any atom is -0.352 e. The predicted molar refractivity (Wildman–Crippen MR) is 71.9 cm³/mol. The van der Waals surface area contributed by atoms with Gasteiger partial charge in [-0.15, -0.1) is 11.6 Å². The van der Waals surface area contributed by atoms with Crippen LogP contribution < -0.4 is 5.32 Å². The molecule has 1 aromatic carbocycles. The fourth-order valence-electron chi connectivity index (χ4n) is 1.94. The van der Waals surface area contributed by atoms with E-state index in [1.54, 1.807) is 6.08 Å². The van der Waals surface area contributed by atoms with Crippen LogP contribution in [0.3, 0.4) is 0 Å². The summed E-state index contributed by atoms with van der Waals surface area (Å²) in [6.45, 7) is 0.712. The number of allylic oxidation sites excluding steroid dienone is 1. The third-order valence-corrected chi connectivity index (χ3v) is 3.14. The van der Waals surface area contributed by atoms with Gasteiger partial charge in [0.05, 0.1) is 5.88 Å². The summed E-state index contributed by atoms with van der Waals surface area (Å²) in [7, 11) is 0. The van der Waals surface area contributed by atoms with Crippen LogP contribution in [0.5, 0.6) is 0 Å². The van der Waals surface area contributed by atoms with Crippen molar-refractivity contribution in [3.05, 3.63) is 41.0 Å². The molecule has 1 N–H and O–H groups in total. The largest absolute Gasteiger partial charge is 0.352 e. The van der Waals surface area contributed by atoms with Gasteiger partial charge >= 0.3 is 0 Å². The van der Waals surface area contributed by atoms with Crippen molar-refractivity contribution in [2.24, 2.45) is 0 Å². The second-order valence-electron chi connectivity index (χ2n) is 4.21. The van der Waals surface area contributed by atoms with E-state index < -0.39 is 0 Å². The Bertz CT molecular complexity index is 509. The van der Waals surface area contributed by atoms with Crippen molar-refractivity contribution in [1.82, 2.24) is 5.32 Å². The number of amides is 1. The van der Waals surface area contributed by atoms with Gasteiger partial charge in [-0.3, -0.25) is 9.59 Å². The number of hydrogen-bond donors (Lipinski definition) is 1. The minimum absolute atomic E-state index is 0.0259. The molecule has 1 aliphatic heterocycles. The lowest BCUT2D eigenvalue weighted by Gasteiger charge is -2.05. The Morgan fingerprint density at radius 2 is 2.28 bits per heavy atom. The number of hydrogen-bond acceptors (Lipinski definition) is 2. The number of nitrogens with one attached hydrogen (secondary N) is 1. The van der Waals surface area contributed by atoms with E-state index in [0.717, 1.165) is 24.0 Å². The maximum atomic E-state index is 11.8. The van der Waals surface area contributed by atoms with E-state index in [0.29, 0.717) is 12.1 Å². The number of carbonyl (C=O) groups is 2. The summed E-state index contributed by atoms with van der Waals surface area (Å²) in [5.41, 5.74) is 2.60. The molecule has 0 spiro atoms. The lowest BCUT2D eigenvalue weighted by Crippen LogP contribution is -2.22. The molecule has 0 atom stereocenters. The first-order chi connectivity index (χ1) is 8.70. The number of rotatable bonds is 3. The van der Waals surface area contributed by atoms with E-state index in [4.69, 9.17) is 11.6 Å². The SMILES string of the molecule is O=C(/C=C/c1ccc2c(c1)C(=O)NCCC2)CCl. The van der Waals surface area contributed by atoms with Crippen molar-refractivity contribution >= 4 is 29.4 Å². The topological polar surface area (TPSA) is 46.2 Å². The van der Waals surface area contributed by atoms with Gasteiger partial charge in [0.15, 0.2) is 5.78 Å². The van der Waals surface area contributed by atoms with Gasteiger partial charge in [-0.1, -0.05) is 18.2 Å². The molecule has 94 valence electrons. The van der Waals surface area contributed by atoms with Crippen LogP contribution in [0.25, 0.3) is 6.08 Å². The zero-order valence-electron chi connectivity index (χ0n) is 9.91. The van der Waals surface area contributed by atoms with Crippen molar-refractivity contribution < 1.29 is 9.59 Å². The molecule has 2 rings (SSSR count). The molecule has 0 saturated carbocycles. The highest BCUT2D eigenvalue weighted by Crippen LogP contribution is 2.17. The van der Waals surface area contributed by atoms with Gasteiger partial charge < -0.3 is 5.32 Å². The van der Waals surface area contributed by atoms with E-state index in [1.807, 2.05) is 18.2 Å². The molecule has 3 nitrogen and oxygen atoms in total. The molecular weight excluding hydrogens is 250 g/mol. The monoisotopic (exact) mass is 263 g/mol. The Morgan fingerprint density at radius 3 is 3.06 bits per heavy atom. The number of fused-ring (bicyclic) bond motifs is 1. The first kappa shape index (κ1) is 12.8. The zero-order chi connectivity index (χ0) is 13.0. The maximum absolute atomic E-state index is 11.8. The normalized spacial score (nSPS) is 15.1.